The molecule has 0 aliphatic heterocycles. The highest BCUT2D eigenvalue weighted by Gasteiger charge is 2.24. The van der Waals surface area contributed by atoms with Crippen LogP contribution < -0.4 is 19.6 Å². The Morgan fingerprint density at radius 1 is 0.905 bits per heavy atom. The number of carbonyl (C=O) groups is 2. The molecule has 8 nitrogen and oxygen atoms in total. The van der Waals surface area contributed by atoms with Gasteiger partial charge < -0.3 is 19.2 Å². The van der Waals surface area contributed by atoms with Gasteiger partial charge in [-0.25, -0.2) is 10.2 Å². The second-order valence-corrected chi connectivity index (χ2v) is 10.6. The fraction of sp³-hybridized carbons (Fsp3) is 0.0645. The van der Waals surface area contributed by atoms with E-state index in [9.17, 15) is 9.59 Å². The number of H-pyrrole nitrogens is 1. The van der Waals surface area contributed by atoms with Gasteiger partial charge in [0, 0.05) is 31.0 Å². The topological polar surface area (TPSA) is 102 Å². The molecule has 5 aromatic rings. The predicted molar refractivity (Wildman–Crippen MR) is 167 cm³/mol. The van der Waals surface area contributed by atoms with E-state index < -0.39 is 11.9 Å². The van der Waals surface area contributed by atoms with Crippen molar-refractivity contribution in [1.29, 1.82) is 0 Å². The van der Waals surface area contributed by atoms with Gasteiger partial charge in [0.2, 0.25) is 0 Å². The predicted octanol–water partition coefficient (Wildman–Crippen LogP) is 7.90. The minimum atomic E-state index is -0.561. The monoisotopic (exact) mass is 665 g/mol. The van der Waals surface area contributed by atoms with Crippen molar-refractivity contribution in [1.82, 2.24) is 10.4 Å². The number of benzene rings is 4. The number of rotatable bonds is 8. The molecule has 2 N–H and O–H groups in total. The molecule has 0 fully saturated rings. The van der Waals surface area contributed by atoms with E-state index in [1.807, 2.05) is 24.3 Å². The van der Waals surface area contributed by atoms with Crippen LogP contribution in [-0.4, -0.2) is 37.3 Å². The molecule has 11 heteroatoms. The van der Waals surface area contributed by atoms with Crippen LogP contribution in [0.4, 0.5) is 0 Å². The zero-order valence-corrected chi connectivity index (χ0v) is 25.3. The molecule has 0 radical (unpaired) electrons. The van der Waals surface area contributed by atoms with E-state index in [4.69, 9.17) is 37.4 Å². The molecule has 0 unspecified atom stereocenters. The number of carbonyl (C=O) groups excluding carboxylic acids is 2. The van der Waals surface area contributed by atoms with Crippen LogP contribution in [0, 0.1) is 0 Å². The molecular formula is C31H22BrCl2N3O5. The zero-order valence-electron chi connectivity index (χ0n) is 22.2. The molecule has 0 spiro atoms. The summed E-state index contributed by atoms with van der Waals surface area (Å²) in [6, 6.07) is 22.1. The number of fused-ring (bicyclic) bond motifs is 1. The SMILES string of the molecule is COc1cc(C=NNC(=O)c2[nH]c3c(OC)ccc(Br)c3c2-c2ccccc2Cl)ccc1OC(=O)c1ccc(Cl)cc1. The Balaban J connectivity index is 1.40. The number of nitrogens with zero attached hydrogens (tertiary/aromatic N) is 1. The van der Waals surface area contributed by atoms with Crippen molar-refractivity contribution < 1.29 is 23.8 Å². The van der Waals surface area contributed by atoms with Crippen molar-refractivity contribution in [3.8, 4) is 28.4 Å². The number of nitrogens with one attached hydrogen (secondary N) is 2. The first-order valence-electron chi connectivity index (χ1n) is 12.4. The lowest BCUT2D eigenvalue weighted by molar-refractivity contribution is 0.0729. The van der Waals surface area contributed by atoms with Crippen LogP contribution in [0.25, 0.3) is 22.0 Å². The molecule has 5 rings (SSSR count). The third-order valence-electron chi connectivity index (χ3n) is 6.31. The minimum Gasteiger partial charge on any atom is -0.495 e. The molecule has 0 aliphatic carbocycles. The third kappa shape index (κ3) is 5.99. The number of aromatic nitrogens is 1. The molecule has 1 amide bonds. The van der Waals surface area contributed by atoms with Crippen LogP contribution in [0.2, 0.25) is 10.0 Å². The Labute approximate surface area is 259 Å². The maximum atomic E-state index is 13.4. The Bertz CT molecular complexity index is 1840. The van der Waals surface area contributed by atoms with Crippen LogP contribution >= 0.6 is 39.1 Å². The van der Waals surface area contributed by atoms with Gasteiger partial charge in [0.1, 0.15) is 11.4 Å². The number of ether oxygens (including phenoxy) is 3. The first-order valence-corrected chi connectivity index (χ1v) is 14.0. The van der Waals surface area contributed by atoms with Crippen LogP contribution in [0.3, 0.4) is 0 Å². The summed E-state index contributed by atoms with van der Waals surface area (Å²) in [5.74, 6) is 0.0381. The quantitative estimate of drug-likeness (QED) is 0.0759. The lowest BCUT2D eigenvalue weighted by Gasteiger charge is -2.10. The van der Waals surface area contributed by atoms with Gasteiger partial charge in [-0.1, -0.05) is 57.3 Å². The lowest BCUT2D eigenvalue weighted by atomic mass is 10.0. The fourth-order valence-electron chi connectivity index (χ4n) is 4.33. The van der Waals surface area contributed by atoms with Crippen molar-refractivity contribution in [3.05, 3.63) is 110 Å². The minimum absolute atomic E-state index is 0.223. The lowest BCUT2D eigenvalue weighted by Crippen LogP contribution is -2.19. The molecule has 42 heavy (non-hydrogen) atoms. The molecular weight excluding hydrogens is 645 g/mol. The van der Waals surface area contributed by atoms with Crippen LogP contribution in [0.1, 0.15) is 26.4 Å². The molecule has 0 aliphatic rings. The average Bonchev–Trinajstić information content (AvgIpc) is 3.40. The zero-order chi connectivity index (χ0) is 29.8. The number of aromatic amines is 1. The summed E-state index contributed by atoms with van der Waals surface area (Å²) in [7, 11) is 3.01. The maximum absolute atomic E-state index is 13.4. The van der Waals surface area contributed by atoms with Crippen molar-refractivity contribution in [2.45, 2.75) is 0 Å². The Morgan fingerprint density at radius 2 is 1.62 bits per heavy atom. The summed E-state index contributed by atoms with van der Waals surface area (Å²) in [5, 5.41) is 5.87. The highest BCUT2D eigenvalue weighted by atomic mass is 79.9. The summed E-state index contributed by atoms with van der Waals surface area (Å²) in [5.41, 5.74) is 5.65. The van der Waals surface area contributed by atoms with Crippen LogP contribution in [0.5, 0.6) is 17.2 Å². The molecule has 1 heterocycles. The number of amides is 1. The van der Waals surface area contributed by atoms with Gasteiger partial charge >= 0.3 is 5.97 Å². The Morgan fingerprint density at radius 3 is 2.33 bits per heavy atom. The normalized spacial score (nSPS) is 11.1. The van der Waals surface area contributed by atoms with Gasteiger partial charge in [0.25, 0.3) is 5.91 Å². The standard InChI is InChI=1S/C31H22BrCl2N3O5/c1-40-24-14-12-21(32)27-26(20-5-3-4-6-22(20)34)29(36-28(24)27)30(38)37-35-16-17-7-13-23(25(15-17)41-2)42-31(39)18-8-10-19(33)11-9-18/h3-16,36H,1-2H3,(H,37,38). The number of hydrogen-bond donors (Lipinski definition) is 2. The second kappa shape index (κ2) is 12.7. The van der Waals surface area contributed by atoms with E-state index >= 15 is 0 Å². The molecule has 0 bridgehead atoms. The van der Waals surface area contributed by atoms with Gasteiger partial charge in [-0.3, -0.25) is 4.79 Å². The van der Waals surface area contributed by atoms with Crippen LogP contribution in [0.15, 0.2) is 88.4 Å². The smallest absolute Gasteiger partial charge is 0.343 e. The van der Waals surface area contributed by atoms with E-state index in [1.165, 1.54) is 13.3 Å². The average molecular weight is 667 g/mol. The van der Waals surface area contributed by atoms with Crippen molar-refractivity contribution >= 4 is 68.1 Å². The number of esters is 1. The Kier molecular flexibility index (Phi) is 8.82. The van der Waals surface area contributed by atoms with Gasteiger partial charge in [-0.05, 0) is 66.2 Å². The fourth-order valence-corrected chi connectivity index (χ4v) is 5.21. The second-order valence-electron chi connectivity index (χ2n) is 8.86. The summed E-state index contributed by atoms with van der Waals surface area (Å²) in [6.45, 7) is 0. The largest absolute Gasteiger partial charge is 0.495 e. The Hall–Kier alpha value is -4.31. The summed E-state index contributed by atoms with van der Waals surface area (Å²) in [6.07, 6.45) is 1.44. The maximum Gasteiger partial charge on any atom is 0.343 e. The van der Waals surface area contributed by atoms with Gasteiger partial charge in [0.05, 0.1) is 31.5 Å². The van der Waals surface area contributed by atoms with Gasteiger partial charge in [0.15, 0.2) is 11.5 Å². The summed E-state index contributed by atoms with van der Waals surface area (Å²) >= 11 is 16.0. The number of halogens is 3. The van der Waals surface area contributed by atoms with E-state index in [0.717, 1.165) is 9.86 Å². The first kappa shape index (κ1) is 29.2. The highest BCUT2D eigenvalue weighted by Crippen LogP contribution is 2.43. The summed E-state index contributed by atoms with van der Waals surface area (Å²) < 4.78 is 17.2. The molecule has 212 valence electrons. The van der Waals surface area contributed by atoms with E-state index in [2.05, 4.69) is 31.4 Å². The third-order valence-corrected chi connectivity index (χ3v) is 7.55. The van der Waals surface area contributed by atoms with Crippen molar-refractivity contribution in [2.75, 3.05) is 14.2 Å². The number of methoxy groups -OCH3 is 2. The summed E-state index contributed by atoms with van der Waals surface area (Å²) in [4.78, 5) is 29.1. The van der Waals surface area contributed by atoms with Crippen molar-refractivity contribution in [2.24, 2.45) is 5.10 Å². The van der Waals surface area contributed by atoms with Crippen molar-refractivity contribution in [3.63, 3.8) is 0 Å². The van der Waals surface area contributed by atoms with E-state index in [0.29, 0.717) is 49.3 Å². The van der Waals surface area contributed by atoms with Gasteiger partial charge in [-0.15, -0.1) is 0 Å². The first-order chi connectivity index (χ1) is 20.3. The molecule has 1 aromatic heterocycles. The molecule has 0 saturated carbocycles. The number of hydrogen-bond acceptors (Lipinski definition) is 6. The molecule has 4 aromatic carbocycles. The van der Waals surface area contributed by atoms with Crippen LogP contribution in [-0.2, 0) is 0 Å². The van der Waals surface area contributed by atoms with Gasteiger partial charge in [-0.2, -0.15) is 5.10 Å². The highest BCUT2D eigenvalue weighted by molar-refractivity contribution is 9.10. The van der Waals surface area contributed by atoms with E-state index in [1.54, 1.807) is 61.7 Å². The molecule has 0 atom stereocenters. The van der Waals surface area contributed by atoms with E-state index in [-0.39, 0.29) is 11.4 Å². The molecule has 0 saturated heterocycles. The number of hydrazone groups is 1.